The first-order chi connectivity index (χ1) is 9.60. The topological polar surface area (TPSA) is 97.3 Å². The summed E-state index contributed by atoms with van der Waals surface area (Å²) in [5.74, 6) is 6.08. The van der Waals surface area contributed by atoms with Crippen molar-refractivity contribution < 1.29 is 4.92 Å². The molecule has 0 fully saturated rings. The quantitative estimate of drug-likeness (QED) is 0.480. The molecule has 0 spiro atoms. The van der Waals surface area contributed by atoms with Gasteiger partial charge in [0.05, 0.1) is 17.1 Å². The lowest BCUT2D eigenvalue weighted by Gasteiger charge is -2.18. The molecule has 0 amide bonds. The number of rotatable bonds is 6. The zero-order chi connectivity index (χ0) is 14.5. The van der Waals surface area contributed by atoms with Crippen molar-refractivity contribution in [3.8, 4) is 0 Å². The summed E-state index contributed by atoms with van der Waals surface area (Å²) >= 11 is 1.69. The number of nitrogens with two attached hydrogens (primary N) is 1. The van der Waals surface area contributed by atoms with Gasteiger partial charge in [-0.25, -0.2) is 10.8 Å². The molecule has 0 aliphatic heterocycles. The lowest BCUT2D eigenvalue weighted by Crippen LogP contribution is -2.22. The number of thiophene rings is 1. The van der Waals surface area contributed by atoms with Gasteiger partial charge >= 0.3 is 0 Å². The molecule has 2 aromatic rings. The Bertz CT molecular complexity index is 588. The Labute approximate surface area is 120 Å². The van der Waals surface area contributed by atoms with Crippen molar-refractivity contribution in [2.24, 2.45) is 5.84 Å². The number of nitrogens with zero attached hydrogens (tertiary/aromatic N) is 3. The minimum atomic E-state index is -0.459. The van der Waals surface area contributed by atoms with Gasteiger partial charge in [0.25, 0.3) is 5.69 Å². The van der Waals surface area contributed by atoms with Gasteiger partial charge in [0, 0.05) is 18.5 Å². The highest BCUT2D eigenvalue weighted by Gasteiger charge is 2.13. The van der Waals surface area contributed by atoms with E-state index in [4.69, 9.17) is 5.84 Å². The van der Waals surface area contributed by atoms with Gasteiger partial charge in [0.15, 0.2) is 0 Å². The molecule has 0 radical (unpaired) electrons. The Hall–Kier alpha value is -2.19. The largest absolute Gasteiger partial charge is 0.359 e. The van der Waals surface area contributed by atoms with E-state index in [9.17, 15) is 10.1 Å². The fraction of sp³-hybridized carbons (Fsp3) is 0.250. The zero-order valence-corrected chi connectivity index (χ0v) is 11.8. The third-order valence-electron chi connectivity index (χ3n) is 2.82. The molecule has 2 aromatic heterocycles. The summed E-state index contributed by atoms with van der Waals surface area (Å²) < 4.78 is 0. The molecule has 20 heavy (non-hydrogen) atoms. The van der Waals surface area contributed by atoms with E-state index in [1.165, 1.54) is 17.0 Å². The van der Waals surface area contributed by atoms with Crippen molar-refractivity contribution in [2.45, 2.75) is 6.42 Å². The van der Waals surface area contributed by atoms with E-state index in [1.54, 1.807) is 11.3 Å². The molecule has 8 heteroatoms. The van der Waals surface area contributed by atoms with Crippen LogP contribution in [0.3, 0.4) is 0 Å². The summed E-state index contributed by atoms with van der Waals surface area (Å²) in [7, 11) is 1.85. The molecular formula is C12H15N5O2S. The summed E-state index contributed by atoms with van der Waals surface area (Å²) in [5.41, 5.74) is 2.31. The van der Waals surface area contributed by atoms with Gasteiger partial charge < -0.3 is 10.3 Å². The molecule has 0 bridgehead atoms. The molecule has 0 aliphatic carbocycles. The zero-order valence-electron chi connectivity index (χ0n) is 10.9. The van der Waals surface area contributed by atoms with Gasteiger partial charge in [-0.15, -0.1) is 11.3 Å². The molecule has 0 aromatic carbocycles. The summed E-state index contributed by atoms with van der Waals surface area (Å²) in [6.45, 7) is 0.721. The predicted octanol–water partition coefficient (Wildman–Crippen LogP) is 2.02. The third-order valence-corrected chi connectivity index (χ3v) is 3.76. The SMILES string of the molecule is CN(CCc1cccs1)c1cc([N+](=O)[O-])cc(NN)n1. The highest BCUT2D eigenvalue weighted by Crippen LogP contribution is 2.22. The molecule has 3 N–H and O–H groups in total. The molecule has 0 saturated heterocycles. The van der Waals surface area contributed by atoms with E-state index >= 15 is 0 Å². The van der Waals surface area contributed by atoms with Crippen LogP contribution < -0.4 is 16.2 Å². The molecule has 0 saturated carbocycles. The van der Waals surface area contributed by atoms with Crippen LogP contribution in [-0.4, -0.2) is 23.5 Å². The van der Waals surface area contributed by atoms with Crippen LogP contribution in [0.1, 0.15) is 4.88 Å². The number of aromatic nitrogens is 1. The Morgan fingerprint density at radius 3 is 2.95 bits per heavy atom. The van der Waals surface area contributed by atoms with E-state index in [0.717, 1.165) is 13.0 Å². The van der Waals surface area contributed by atoms with Gasteiger partial charge in [0.2, 0.25) is 0 Å². The van der Waals surface area contributed by atoms with Crippen molar-refractivity contribution in [3.05, 3.63) is 44.6 Å². The highest BCUT2D eigenvalue weighted by atomic mass is 32.1. The number of hydrazine groups is 1. The normalized spacial score (nSPS) is 10.3. The average Bonchev–Trinajstić information content (AvgIpc) is 2.97. The second kappa shape index (κ2) is 6.31. The van der Waals surface area contributed by atoms with Crippen molar-refractivity contribution in [1.29, 1.82) is 0 Å². The molecular weight excluding hydrogens is 278 g/mol. The number of pyridine rings is 1. The second-order valence-electron chi connectivity index (χ2n) is 4.22. The maximum absolute atomic E-state index is 10.9. The van der Waals surface area contributed by atoms with E-state index < -0.39 is 4.92 Å². The molecule has 0 aliphatic rings. The Morgan fingerprint density at radius 2 is 2.35 bits per heavy atom. The van der Waals surface area contributed by atoms with E-state index in [1.807, 2.05) is 23.4 Å². The number of nitrogen functional groups attached to an aromatic ring is 1. The molecule has 0 atom stereocenters. The summed E-state index contributed by atoms with van der Waals surface area (Å²) in [6.07, 6.45) is 0.865. The number of anilines is 2. The van der Waals surface area contributed by atoms with Crippen LogP contribution in [0, 0.1) is 10.1 Å². The number of nitrogens with one attached hydrogen (secondary N) is 1. The van der Waals surface area contributed by atoms with Crippen molar-refractivity contribution in [2.75, 3.05) is 23.9 Å². The minimum absolute atomic E-state index is 0.0362. The summed E-state index contributed by atoms with van der Waals surface area (Å²) in [5, 5.41) is 12.9. The molecule has 2 rings (SSSR count). The summed E-state index contributed by atoms with van der Waals surface area (Å²) in [6, 6.07) is 6.81. The van der Waals surface area contributed by atoms with Gasteiger partial charge in [-0.2, -0.15) is 0 Å². The first kappa shape index (κ1) is 14.2. The van der Waals surface area contributed by atoms with Crippen LogP contribution in [0.2, 0.25) is 0 Å². The molecule has 106 valence electrons. The Kier molecular flexibility index (Phi) is 4.49. The van der Waals surface area contributed by atoms with Gasteiger partial charge in [-0.1, -0.05) is 6.07 Å². The third kappa shape index (κ3) is 3.43. The standard InChI is InChI=1S/C12H15N5O2S/c1-16(5-4-10-3-2-6-20-10)12-8-9(17(18)19)7-11(14-12)15-13/h2-3,6-8H,4-5,13H2,1H3,(H,14,15). The highest BCUT2D eigenvalue weighted by molar-refractivity contribution is 7.09. The van der Waals surface area contributed by atoms with Gasteiger partial charge in [0.1, 0.15) is 11.6 Å². The second-order valence-corrected chi connectivity index (χ2v) is 5.25. The number of nitro groups is 1. The van der Waals surface area contributed by atoms with Crippen LogP contribution >= 0.6 is 11.3 Å². The maximum Gasteiger partial charge on any atom is 0.276 e. The molecule has 0 unspecified atom stereocenters. The fourth-order valence-electron chi connectivity index (χ4n) is 1.72. The minimum Gasteiger partial charge on any atom is -0.359 e. The maximum atomic E-state index is 10.9. The average molecular weight is 293 g/mol. The van der Waals surface area contributed by atoms with Crippen LogP contribution in [0.25, 0.3) is 0 Å². The Balaban J connectivity index is 2.13. The first-order valence-electron chi connectivity index (χ1n) is 5.97. The monoisotopic (exact) mass is 293 g/mol. The lowest BCUT2D eigenvalue weighted by atomic mass is 10.3. The first-order valence-corrected chi connectivity index (χ1v) is 6.84. The Morgan fingerprint density at radius 1 is 1.55 bits per heavy atom. The van der Waals surface area contributed by atoms with Crippen LogP contribution in [0.15, 0.2) is 29.6 Å². The van der Waals surface area contributed by atoms with E-state index in [2.05, 4.69) is 16.5 Å². The number of likely N-dealkylation sites (N-methyl/N-ethyl adjacent to an activating group) is 1. The van der Waals surface area contributed by atoms with Gasteiger partial charge in [-0.05, 0) is 17.9 Å². The van der Waals surface area contributed by atoms with Crippen molar-refractivity contribution in [1.82, 2.24) is 4.98 Å². The van der Waals surface area contributed by atoms with Crippen LogP contribution in [-0.2, 0) is 6.42 Å². The number of hydrogen-bond donors (Lipinski definition) is 2. The van der Waals surface area contributed by atoms with Crippen molar-refractivity contribution >= 4 is 28.7 Å². The van der Waals surface area contributed by atoms with Crippen molar-refractivity contribution in [3.63, 3.8) is 0 Å². The van der Waals surface area contributed by atoms with Crippen LogP contribution in [0.4, 0.5) is 17.3 Å². The summed E-state index contributed by atoms with van der Waals surface area (Å²) in [4.78, 5) is 17.8. The predicted molar refractivity (Wildman–Crippen MR) is 80.0 cm³/mol. The molecule has 7 nitrogen and oxygen atoms in total. The van der Waals surface area contributed by atoms with E-state index in [0.29, 0.717) is 5.82 Å². The molecule has 2 heterocycles. The van der Waals surface area contributed by atoms with Gasteiger partial charge in [-0.3, -0.25) is 10.1 Å². The van der Waals surface area contributed by atoms with Crippen LogP contribution in [0.5, 0.6) is 0 Å². The number of hydrogen-bond acceptors (Lipinski definition) is 7. The lowest BCUT2D eigenvalue weighted by molar-refractivity contribution is -0.384. The van der Waals surface area contributed by atoms with E-state index in [-0.39, 0.29) is 11.5 Å². The fourth-order valence-corrected chi connectivity index (χ4v) is 2.42. The smallest absolute Gasteiger partial charge is 0.276 e.